The summed E-state index contributed by atoms with van der Waals surface area (Å²) in [5.41, 5.74) is 9.41. The summed E-state index contributed by atoms with van der Waals surface area (Å²) in [5, 5.41) is 3.96. The van der Waals surface area contributed by atoms with Gasteiger partial charge < -0.3 is 5.73 Å². The van der Waals surface area contributed by atoms with Crippen LogP contribution >= 0.6 is 0 Å². The lowest BCUT2D eigenvalue weighted by Crippen LogP contribution is -2.25. The lowest BCUT2D eigenvalue weighted by Gasteiger charge is -2.02. The van der Waals surface area contributed by atoms with Crippen molar-refractivity contribution in [3.05, 3.63) is 77.6 Å². The van der Waals surface area contributed by atoms with E-state index in [1.165, 1.54) is 12.1 Å². The number of carbonyl (C=O) groups is 1. The average Bonchev–Trinajstić information content (AvgIpc) is 2.50. The smallest absolute Gasteiger partial charge is 0.332 e. The van der Waals surface area contributed by atoms with Crippen molar-refractivity contribution in [1.82, 2.24) is 5.43 Å². The summed E-state index contributed by atoms with van der Waals surface area (Å²) < 4.78 is 12.9. The fraction of sp³-hybridized carbons (Fsp3) is 0. The molecule has 4 nitrogen and oxygen atoms in total. The van der Waals surface area contributed by atoms with E-state index in [9.17, 15) is 9.18 Å². The molecule has 0 radical (unpaired) electrons. The Kier molecular flexibility index (Phi) is 4.82. The highest BCUT2D eigenvalue weighted by molar-refractivity contribution is 6.10. The molecule has 0 unspecified atom stereocenters. The lowest BCUT2D eigenvalue weighted by atomic mass is 10.1. The number of carbonyl (C=O) groups excluding carboxylic acids is 1. The Morgan fingerprint density at radius 1 is 1.10 bits per heavy atom. The summed E-state index contributed by atoms with van der Waals surface area (Å²) in [5.74, 6) is -0.292. The molecular formula is C16H14FN3O. The molecule has 0 aromatic heterocycles. The minimum atomic E-state index is -0.737. The molecule has 106 valence electrons. The third-order valence-electron chi connectivity index (χ3n) is 2.66. The van der Waals surface area contributed by atoms with Crippen molar-refractivity contribution in [2.75, 3.05) is 0 Å². The number of hydrogen-bond donors (Lipinski definition) is 2. The van der Waals surface area contributed by atoms with E-state index in [1.54, 1.807) is 24.3 Å². The summed E-state index contributed by atoms with van der Waals surface area (Å²) in [4.78, 5) is 10.8. The Hall–Kier alpha value is -2.95. The molecule has 0 heterocycles. The monoisotopic (exact) mass is 283 g/mol. The van der Waals surface area contributed by atoms with E-state index in [4.69, 9.17) is 5.73 Å². The zero-order valence-electron chi connectivity index (χ0n) is 11.2. The maximum absolute atomic E-state index is 12.9. The first-order valence-corrected chi connectivity index (χ1v) is 6.27. The van der Waals surface area contributed by atoms with Gasteiger partial charge >= 0.3 is 6.03 Å². The number of amides is 2. The Morgan fingerprint density at radius 3 is 2.38 bits per heavy atom. The summed E-state index contributed by atoms with van der Waals surface area (Å²) in [6.07, 6.45) is 3.49. The lowest BCUT2D eigenvalue weighted by molar-refractivity contribution is 0.249. The number of hydrazone groups is 1. The minimum Gasteiger partial charge on any atom is -0.350 e. The van der Waals surface area contributed by atoms with E-state index in [0.29, 0.717) is 5.71 Å². The van der Waals surface area contributed by atoms with Gasteiger partial charge in [0.05, 0.1) is 5.71 Å². The number of allylic oxidation sites excluding steroid dienone is 1. The highest BCUT2D eigenvalue weighted by Crippen LogP contribution is 2.08. The van der Waals surface area contributed by atoms with Gasteiger partial charge in [-0.25, -0.2) is 14.6 Å². The van der Waals surface area contributed by atoms with Gasteiger partial charge in [0, 0.05) is 5.56 Å². The number of nitrogens with one attached hydrogen (secondary N) is 1. The summed E-state index contributed by atoms with van der Waals surface area (Å²) >= 11 is 0. The molecule has 0 aliphatic rings. The van der Waals surface area contributed by atoms with E-state index < -0.39 is 6.03 Å². The SMILES string of the molecule is NC(=O)N/N=C(/C=C/c1ccc(F)cc1)c1ccccc1. The van der Waals surface area contributed by atoms with E-state index >= 15 is 0 Å². The largest absolute Gasteiger partial charge is 0.350 e. The summed E-state index contributed by atoms with van der Waals surface area (Å²) in [6.45, 7) is 0. The maximum atomic E-state index is 12.9. The molecule has 3 N–H and O–H groups in total. The molecule has 21 heavy (non-hydrogen) atoms. The molecule has 2 rings (SSSR count). The highest BCUT2D eigenvalue weighted by Gasteiger charge is 2.00. The van der Waals surface area contributed by atoms with Crippen LogP contribution in [0.1, 0.15) is 11.1 Å². The predicted molar refractivity (Wildman–Crippen MR) is 81.1 cm³/mol. The van der Waals surface area contributed by atoms with E-state index in [1.807, 2.05) is 30.3 Å². The number of urea groups is 1. The number of nitrogens with two attached hydrogens (primary N) is 1. The first kappa shape index (κ1) is 14.5. The molecule has 2 amide bonds. The number of rotatable bonds is 4. The zero-order valence-corrected chi connectivity index (χ0v) is 11.2. The van der Waals surface area contributed by atoms with E-state index in [0.717, 1.165) is 11.1 Å². The topological polar surface area (TPSA) is 67.5 Å². The van der Waals surface area contributed by atoms with Gasteiger partial charge in [0.25, 0.3) is 0 Å². The number of hydrogen-bond acceptors (Lipinski definition) is 2. The summed E-state index contributed by atoms with van der Waals surface area (Å²) in [7, 11) is 0. The van der Waals surface area contributed by atoms with Crippen LogP contribution in [0.15, 0.2) is 65.8 Å². The number of primary amides is 1. The molecule has 0 aliphatic heterocycles. The van der Waals surface area contributed by atoms with Gasteiger partial charge in [0.15, 0.2) is 0 Å². The average molecular weight is 283 g/mol. The van der Waals surface area contributed by atoms with Crippen LogP contribution in [0.3, 0.4) is 0 Å². The standard InChI is InChI=1S/C16H14FN3O/c17-14-9-6-12(7-10-14)8-11-15(19-20-16(18)21)13-4-2-1-3-5-13/h1-11H,(H3,18,20,21)/b11-8+,19-15-. The van der Waals surface area contributed by atoms with Gasteiger partial charge in [-0.1, -0.05) is 48.5 Å². The molecule has 5 heteroatoms. The van der Waals surface area contributed by atoms with Crippen LogP contribution in [0.2, 0.25) is 0 Å². The first-order chi connectivity index (χ1) is 10.1. The van der Waals surface area contributed by atoms with Crippen molar-refractivity contribution in [2.45, 2.75) is 0 Å². The second-order valence-electron chi connectivity index (χ2n) is 4.22. The second kappa shape index (κ2) is 7.00. The fourth-order valence-corrected chi connectivity index (χ4v) is 1.67. The van der Waals surface area contributed by atoms with Gasteiger partial charge in [-0.2, -0.15) is 5.10 Å². The third-order valence-corrected chi connectivity index (χ3v) is 2.66. The predicted octanol–water partition coefficient (Wildman–Crippen LogP) is 2.91. The number of nitrogens with zero attached hydrogens (tertiary/aromatic N) is 1. The van der Waals surface area contributed by atoms with Crippen LogP contribution < -0.4 is 11.2 Å². The van der Waals surface area contributed by atoms with Crippen molar-refractivity contribution in [3.8, 4) is 0 Å². The van der Waals surface area contributed by atoms with Crippen LogP contribution in [0.4, 0.5) is 9.18 Å². The molecule has 0 atom stereocenters. The minimum absolute atomic E-state index is 0.292. The van der Waals surface area contributed by atoms with Crippen molar-refractivity contribution in [2.24, 2.45) is 10.8 Å². The molecule has 0 spiro atoms. The highest BCUT2D eigenvalue weighted by atomic mass is 19.1. The Balaban J connectivity index is 2.26. The maximum Gasteiger partial charge on any atom is 0.332 e. The van der Waals surface area contributed by atoms with Crippen molar-refractivity contribution in [3.63, 3.8) is 0 Å². The second-order valence-corrected chi connectivity index (χ2v) is 4.22. The van der Waals surface area contributed by atoms with Crippen molar-refractivity contribution < 1.29 is 9.18 Å². The van der Waals surface area contributed by atoms with E-state index in [-0.39, 0.29) is 5.82 Å². The fourth-order valence-electron chi connectivity index (χ4n) is 1.67. The van der Waals surface area contributed by atoms with Crippen molar-refractivity contribution in [1.29, 1.82) is 0 Å². The number of halogens is 1. The molecule has 0 bridgehead atoms. The number of benzene rings is 2. The van der Waals surface area contributed by atoms with E-state index in [2.05, 4.69) is 10.5 Å². The molecule has 0 saturated heterocycles. The quantitative estimate of drug-likeness (QED) is 0.657. The molecule has 2 aromatic rings. The molecule has 2 aromatic carbocycles. The zero-order chi connectivity index (χ0) is 15.1. The van der Waals surface area contributed by atoms with Gasteiger partial charge in [-0.05, 0) is 23.8 Å². The van der Waals surface area contributed by atoms with Gasteiger partial charge in [-0.3, -0.25) is 0 Å². The van der Waals surface area contributed by atoms with Crippen LogP contribution in [0.5, 0.6) is 0 Å². The van der Waals surface area contributed by atoms with Gasteiger partial charge in [-0.15, -0.1) is 0 Å². The molecular weight excluding hydrogens is 269 g/mol. The van der Waals surface area contributed by atoms with Gasteiger partial charge in [0.1, 0.15) is 5.82 Å². The van der Waals surface area contributed by atoms with Gasteiger partial charge in [0.2, 0.25) is 0 Å². The molecule has 0 saturated carbocycles. The first-order valence-electron chi connectivity index (χ1n) is 6.27. The Bertz CT molecular complexity index is 664. The van der Waals surface area contributed by atoms with Crippen LogP contribution in [-0.2, 0) is 0 Å². The van der Waals surface area contributed by atoms with Crippen LogP contribution in [0.25, 0.3) is 6.08 Å². The Morgan fingerprint density at radius 2 is 1.76 bits per heavy atom. The third kappa shape index (κ3) is 4.58. The van der Waals surface area contributed by atoms with Crippen molar-refractivity contribution >= 4 is 17.8 Å². The van der Waals surface area contributed by atoms with Crippen LogP contribution in [0, 0.1) is 5.82 Å². The molecule has 0 fully saturated rings. The van der Waals surface area contributed by atoms with Crippen LogP contribution in [-0.4, -0.2) is 11.7 Å². The molecule has 0 aliphatic carbocycles. The summed E-state index contributed by atoms with van der Waals surface area (Å²) in [6, 6.07) is 14.6. The normalized spacial score (nSPS) is 11.6. The Labute approximate surface area is 121 Å².